The summed E-state index contributed by atoms with van der Waals surface area (Å²) >= 11 is 0. The molecule has 14 heavy (non-hydrogen) atoms. The van der Waals surface area contributed by atoms with Gasteiger partial charge >= 0.3 is 0 Å². The predicted molar refractivity (Wildman–Crippen MR) is 57.1 cm³/mol. The molecular formula is C11H14N2O. The zero-order chi connectivity index (χ0) is 10.1. The van der Waals surface area contributed by atoms with Crippen molar-refractivity contribution >= 4 is 16.7 Å². The first-order chi connectivity index (χ1) is 6.74. The number of hydrogen-bond donors (Lipinski definition) is 1. The number of anilines is 1. The zero-order valence-corrected chi connectivity index (χ0v) is 8.45. The van der Waals surface area contributed by atoms with E-state index in [4.69, 9.17) is 10.3 Å². The molecule has 0 amide bonds. The summed E-state index contributed by atoms with van der Waals surface area (Å²) < 4.78 is 5.22. The van der Waals surface area contributed by atoms with Gasteiger partial charge in [-0.05, 0) is 18.6 Å². The van der Waals surface area contributed by atoms with Crippen LogP contribution >= 0.6 is 0 Å². The fourth-order valence-electron chi connectivity index (χ4n) is 1.57. The lowest BCUT2D eigenvalue weighted by Gasteiger charge is -2.04. The molecule has 2 rings (SSSR count). The molecule has 0 spiro atoms. The van der Waals surface area contributed by atoms with E-state index in [1.165, 1.54) is 0 Å². The minimum Gasteiger partial charge on any atom is -0.398 e. The molecule has 2 N–H and O–H groups in total. The number of nitrogens with zero attached hydrogens (tertiary/aromatic N) is 1. The highest BCUT2D eigenvalue weighted by Gasteiger charge is 2.15. The Hall–Kier alpha value is -1.51. The van der Waals surface area contributed by atoms with Gasteiger partial charge in [0.2, 0.25) is 0 Å². The van der Waals surface area contributed by atoms with Crippen molar-refractivity contribution in [1.82, 2.24) is 5.16 Å². The molecule has 1 heterocycles. The maximum absolute atomic E-state index is 5.89. The van der Waals surface area contributed by atoms with Gasteiger partial charge in [-0.1, -0.05) is 25.1 Å². The van der Waals surface area contributed by atoms with E-state index in [0.717, 1.165) is 28.8 Å². The first kappa shape index (κ1) is 9.06. The summed E-state index contributed by atoms with van der Waals surface area (Å²) in [5.74, 6) is 0.390. The Bertz CT molecular complexity index is 447. The summed E-state index contributed by atoms with van der Waals surface area (Å²) in [5.41, 5.74) is 8.39. The van der Waals surface area contributed by atoms with Crippen molar-refractivity contribution < 1.29 is 4.52 Å². The molecule has 0 aliphatic carbocycles. The lowest BCUT2D eigenvalue weighted by molar-refractivity contribution is 0.438. The largest absolute Gasteiger partial charge is 0.398 e. The smallest absolute Gasteiger partial charge is 0.169 e. The number of benzene rings is 1. The Morgan fingerprint density at radius 3 is 3.00 bits per heavy atom. The first-order valence-electron chi connectivity index (χ1n) is 4.87. The van der Waals surface area contributed by atoms with Crippen LogP contribution in [0, 0.1) is 0 Å². The summed E-state index contributed by atoms with van der Waals surface area (Å²) in [7, 11) is 0. The Morgan fingerprint density at radius 1 is 1.50 bits per heavy atom. The van der Waals surface area contributed by atoms with Crippen LogP contribution in [0.3, 0.4) is 0 Å². The minimum absolute atomic E-state index is 0.390. The normalized spacial score (nSPS) is 13.3. The quantitative estimate of drug-likeness (QED) is 0.741. The minimum atomic E-state index is 0.390. The van der Waals surface area contributed by atoms with Crippen LogP contribution in [-0.4, -0.2) is 5.16 Å². The molecular weight excluding hydrogens is 176 g/mol. The van der Waals surface area contributed by atoms with Crippen molar-refractivity contribution in [3.05, 3.63) is 23.9 Å². The number of fused-ring (bicyclic) bond motifs is 1. The molecule has 0 aliphatic rings. The maximum Gasteiger partial charge on any atom is 0.169 e. The summed E-state index contributed by atoms with van der Waals surface area (Å²) in [5, 5.41) is 5.05. The van der Waals surface area contributed by atoms with E-state index >= 15 is 0 Å². The Kier molecular flexibility index (Phi) is 2.15. The van der Waals surface area contributed by atoms with Crippen LogP contribution in [0.2, 0.25) is 0 Å². The van der Waals surface area contributed by atoms with Crippen LogP contribution in [0.1, 0.15) is 31.9 Å². The van der Waals surface area contributed by atoms with Gasteiger partial charge in [0.25, 0.3) is 0 Å². The van der Waals surface area contributed by atoms with E-state index in [-0.39, 0.29) is 0 Å². The van der Waals surface area contributed by atoms with E-state index in [1.807, 2.05) is 18.2 Å². The summed E-state index contributed by atoms with van der Waals surface area (Å²) in [6.45, 7) is 4.26. The topological polar surface area (TPSA) is 52.0 Å². The highest BCUT2D eigenvalue weighted by molar-refractivity contribution is 5.91. The van der Waals surface area contributed by atoms with Crippen molar-refractivity contribution in [3.8, 4) is 0 Å². The second-order valence-corrected chi connectivity index (χ2v) is 3.60. The van der Waals surface area contributed by atoms with Crippen LogP contribution in [0.25, 0.3) is 11.0 Å². The third-order valence-corrected chi connectivity index (χ3v) is 2.64. The van der Waals surface area contributed by atoms with Crippen molar-refractivity contribution in [1.29, 1.82) is 0 Å². The van der Waals surface area contributed by atoms with Crippen LogP contribution in [-0.2, 0) is 0 Å². The van der Waals surface area contributed by atoms with E-state index in [2.05, 4.69) is 19.0 Å². The SMILES string of the molecule is CCC(C)c1noc2cccc(N)c12. The van der Waals surface area contributed by atoms with Gasteiger partial charge in [0.15, 0.2) is 5.58 Å². The van der Waals surface area contributed by atoms with Crippen LogP contribution in [0.15, 0.2) is 22.7 Å². The molecule has 0 bridgehead atoms. The molecule has 0 aliphatic heterocycles. The predicted octanol–water partition coefficient (Wildman–Crippen LogP) is 2.92. The molecule has 1 aromatic heterocycles. The zero-order valence-electron chi connectivity index (χ0n) is 8.45. The van der Waals surface area contributed by atoms with Crippen molar-refractivity contribution in [3.63, 3.8) is 0 Å². The van der Waals surface area contributed by atoms with Gasteiger partial charge in [-0.3, -0.25) is 0 Å². The molecule has 1 atom stereocenters. The average molecular weight is 190 g/mol. The number of hydrogen-bond acceptors (Lipinski definition) is 3. The fourth-order valence-corrected chi connectivity index (χ4v) is 1.57. The average Bonchev–Trinajstić information content (AvgIpc) is 2.62. The first-order valence-corrected chi connectivity index (χ1v) is 4.87. The molecule has 0 saturated heterocycles. The van der Waals surface area contributed by atoms with Crippen molar-refractivity contribution in [2.45, 2.75) is 26.2 Å². The second kappa shape index (κ2) is 3.33. The Morgan fingerprint density at radius 2 is 2.29 bits per heavy atom. The molecule has 0 saturated carbocycles. The van der Waals surface area contributed by atoms with Gasteiger partial charge in [0, 0.05) is 11.6 Å². The second-order valence-electron chi connectivity index (χ2n) is 3.60. The van der Waals surface area contributed by atoms with E-state index in [1.54, 1.807) is 0 Å². The van der Waals surface area contributed by atoms with E-state index < -0.39 is 0 Å². The van der Waals surface area contributed by atoms with E-state index in [9.17, 15) is 0 Å². The van der Waals surface area contributed by atoms with Crippen molar-refractivity contribution in [2.24, 2.45) is 0 Å². The number of rotatable bonds is 2. The number of nitrogen functional groups attached to an aromatic ring is 1. The van der Waals surface area contributed by atoms with Gasteiger partial charge in [-0.15, -0.1) is 0 Å². The lowest BCUT2D eigenvalue weighted by Crippen LogP contribution is -1.94. The molecule has 3 nitrogen and oxygen atoms in total. The molecule has 2 aromatic rings. The summed E-state index contributed by atoms with van der Waals surface area (Å²) in [6.07, 6.45) is 1.04. The fraction of sp³-hybridized carbons (Fsp3) is 0.364. The summed E-state index contributed by atoms with van der Waals surface area (Å²) in [4.78, 5) is 0. The van der Waals surface area contributed by atoms with Crippen molar-refractivity contribution in [2.75, 3.05) is 5.73 Å². The number of nitrogens with two attached hydrogens (primary N) is 1. The lowest BCUT2D eigenvalue weighted by atomic mass is 10.0. The van der Waals surface area contributed by atoms with Gasteiger partial charge in [0.05, 0.1) is 11.1 Å². The third kappa shape index (κ3) is 1.25. The standard InChI is InChI=1S/C11H14N2O/c1-3-7(2)11-10-8(12)5-4-6-9(10)14-13-11/h4-7H,3,12H2,1-2H3. The van der Waals surface area contributed by atoms with Crippen LogP contribution in [0.4, 0.5) is 5.69 Å². The monoisotopic (exact) mass is 190 g/mol. The van der Waals surface area contributed by atoms with Gasteiger partial charge in [-0.2, -0.15) is 0 Å². The Balaban J connectivity index is 2.67. The third-order valence-electron chi connectivity index (χ3n) is 2.64. The molecule has 3 heteroatoms. The highest BCUT2D eigenvalue weighted by Crippen LogP contribution is 2.30. The van der Waals surface area contributed by atoms with E-state index in [0.29, 0.717) is 5.92 Å². The molecule has 1 unspecified atom stereocenters. The summed E-state index contributed by atoms with van der Waals surface area (Å²) in [6, 6.07) is 5.65. The van der Waals surface area contributed by atoms with Crippen LogP contribution < -0.4 is 5.73 Å². The van der Waals surface area contributed by atoms with Crippen LogP contribution in [0.5, 0.6) is 0 Å². The van der Waals surface area contributed by atoms with Gasteiger partial charge in [0.1, 0.15) is 0 Å². The van der Waals surface area contributed by atoms with Gasteiger partial charge < -0.3 is 10.3 Å². The molecule has 0 fully saturated rings. The highest BCUT2D eigenvalue weighted by atomic mass is 16.5. The molecule has 0 radical (unpaired) electrons. The molecule has 74 valence electrons. The molecule has 1 aromatic carbocycles. The maximum atomic E-state index is 5.89. The van der Waals surface area contributed by atoms with Gasteiger partial charge in [-0.25, -0.2) is 0 Å². The number of aromatic nitrogens is 1. The Labute approximate surface area is 82.9 Å².